The van der Waals surface area contributed by atoms with Crippen LogP contribution in [0.25, 0.3) is 0 Å². The lowest BCUT2D eigenvalue weighted by atomic mass is 10.2. The summed E-state index contributed by atoms with van der Waals surface area (Å²) in [4.78, 5) is 25.7. The summed E-state index contributed by atoms with van der Waals surface area (Å²) in [5.41, 5.74) is 14.6. The first-order valence-corrected chi connectivity index (χ1v) is 11.4. The maximum Gasteiger partial charge on any atom is 0.271 e. The van der Waals surface area contributed by atoms with Crippen LogP contribution < -0.4 is 26.4 Å². The fourth-order valence-electron chi connectivity index (χ4n) is 3.84. The van der Waals surface area contributed by atoms with Crippen molar-refractivity contribution in [1.82, 2.24) is 14.9 Å². The molecule has 1 aliphatic heterocycles. The number of ether oxygens (including phenoxy) is 1. The number of hydrogen-bond acceptors (Lipinski definition) is 9. The van der Waals surface area contributed by atoms with Crippen LogP contribution in [0.4, 0.5) is 22.9 Å². The number of nitrogens with zero attached hydrogens (tertiary/aromatic N) is 5. The zero-order valence-corrected chi connectivity index (χ0v) is 19.8. The smallest absolute Gasteiger partial charge is 0.271 e. The van der Waals surface area contributed by atoms with Gasteiger partial charge in [0.25, 0.3) is 5.91 Å². The topological polar surface area (TPSA) is 146 Å². The first-order chi connectivity index (χ1) is 16.9. The molecule has 0 aliphatic carbocycles. The van der Waals surface area contributed by atoms with Crippen LogP contribution in [-0.4, -0.2) is 54.0 Å². The molecule has 1 amide bonds. The molecule has 4 rings (SSSR count). The second-order valence-corrected chi connectivity index (χ2v) is 8.36. The van der Waals surface area contributed by atoms with Gasteiger partial charge in [-0.1, -0.05) is 6.92 Å². The number of piperazine rings is 1. The van der Waals surface area contributed by atoms with Crippen LogP contribution in [-0.2, 0) is 6.42 Å². The van der Waals surface area contributed by atoms with Gasteiger partial charge in [-0.05, 0) is 49.9 Å². The molecule has 5 N–H and O–H groups in total. The van der Waals surface area contributed by atoms with Crippen LogP contribution >= 0.6 is 0 Å². The molecule has 10 heteroatoms. The van der Waals surface area contributed by atoms with E-state index in [2.05, 4.69) is 32.1 Å². The highest BCUT2D eigenvalue weighted by molar-refractivity contribution is 5.96. The molecule has 1 fully saturated rings. The van der Waals surface area contributed by atoms with Gasteiger partial charge in [0, 0.05) is 49.3 Å². The monoisotopic (exact) mass is 472 g/mol. The lowest BCUT2D eigenvalue weighted by Crippen LogP contribution is -2.44. The molecule has 180 valence electrons. The average molecular weight is 473 g/mol. The van der Waals surface area contributed by atoms with Crippen LogP contribution in [0.5, 0.6) is 11.6 Å². The van der Waals surface area contributed by atoms with Crippen molar-refractivity contribution in [2.45, 2.75) is 13.3 Å². The minimum Gasteiger partial charge on any atom is -0.437 e. The summed E-state index contributed by atoms with van der Waals surface area (Å²) in [7, 11) is 2.12. The van der Waals surface area contributed by atoms with Gasteiger partial charge in [0.05, 0.1) is 11.6 Å². The molecule has 1 saturated heterocycles. The van der Waals surface area contributed by atoms with Gasteiger partial charge in [0.15, 0.2) is 11.5 Å². The Labute approximate surface area is 204 Å². The van der Waals surface area contributed by atoms with Crippen molar-refractivity contribution in [2.75, 3.05) is 49.2 Å². The van der Waals surface area contributed by atoms with Gasteiger partial charge in [-0.3, -0.25) is 4.79 Å². The van der Waals surface area contributed by atoms with E-state index in [0.717, 1.165) is 37.6 Å². The molecular weight excluding hydrogens is 444 g/mol. The Morgan fingerprint density at radius 3 is 2.49 bits per heavy atom. The summed E-state index contributed by atoms with van der Waals surface area (Å²) >= 11 is 0. The largest absolute Gasteiger partial charge is 0.437 e. The number of nitrogens with one attached hydrogen (secondary N) is 1. The molecule has 2 heterocycles. The van der Waals surface area contributed by atoms with E-state index in [1.807, 2.05) is 37.3 Å². The fourth-order valence-corrected chi connectivity index (χ4v) is 3.84. The summed E-state index contributed by atoms with van der Waals surface area (Å²) in [5, 5.41) is 12.4. The zero-order chi connectivity index (χ0) is 24.9. The second-order valence-electron chi connectivity index (χ2n) is 8.36. The van der Waals surface area contributed by atoms with E-state index < -0.39 is 5.91 Å². The summed E-state index contributed by atoms with van der Waals surface area (Å²) in [6.45, 7) is 5.85. The van der Waals surface area contributed by atoms with Gasteiger partial charge < -0.3 is 31.3 Å². The highest BCUT2D eigenvalue weighted by Gasteiger charge is 2.19. The number of nitriles is 1. The van der Waals surface area contributed by atoms with Crippen molar-refractivity contribution < 1.29 is 9.53 Å². The summed E-state index contributed by atoms with van der Waals surface area (Å²) in [6.07, 6.45) is 0.454. The number of hydrogen-bond donors (Lipinski definition) is 3. The molecule has 0 spiro atoms. The predicted octanol–water partition coefficient (Wildman–Crippen LogP) is 2.88. The number of carbonyl (C=O) groups excluding carboxylic acids is 1. The molecule has 35 heavy (non-hydrogen) atoms. The van der Waals surface area contributed by atoms with E-state index in [1.165, 1.54) is 0 Å². The maximum atomic E-state index is 12.1. The zero-order valence-electron chi connectivity index (χ0n) is 19.8. The summed E-state index contributed by atoms with van der Waals surface area (Å²) in [5.74, 6) is 0.0240. The summed E-state index contributed by atoms with van der Waals surface area (Å²) < 4.78 is 5.94. The van der Waals surface area contributed by atoms with E-state index in [4.69, 9.17) is 16.2 Å². The SMILES string of the molecule is CCc1nc(C(N)=O)c(Nc2ccc(N3CCN(C)CC3)cc2)nc1Oc1cc(N)cc(C#N)c1. The summed E-state index contributed by atoms with van der Waals surface area (Å²) in [6, 6.07) is 14.6. The van der Waals surface area contributed by atoms with E-state index in [9.17, 15) is 10.1 Å². The van der Waals surface area contributed by atoms with E-state index >= 15 is 0 Å². The van der Waals surface area contributed by atoms with Gasteiger partial charge in [-0.15, -0.1) is 0 Å². The Bertz CT molecular complexity index is 1260. The molecule has 0 atom stereocenters. The van der Waals surface area contributed by atoms with Crippen molar-refractivity contribution in [3.63, 3.8) is 0 Å². The van der Waals surface area contributed by atoms with Gasteiger partial charge in [-0.25, -0.2) is 4.98 Å². The number of amides is 1. The number of anilines is 4. The first kappa shape index (κ1) is 23.8. The second kappa shape index (κ2) is 10.3. The van der Waals surface area contributed by atoms with E-state index in [1.54, 1.807) is 18.2 Å². The third-order valence-corrected chi connectivity index (χ3v) is 5.77. The van der Waals surface area contributed by atoms with Crippen molar-refractivity contribution in [3.8, 4) is 17.7 Å². The van der Waals surface area contributed by atoms with Crippen LogP contribution in [0, 0.1) is 11.3 Å². The third-order valence-electron chi connectivity index (χ3n) is 5.77. The highest BCUT2D eigenvalue weighted by atomic mass is 16.5. The fraction of sp³-hybridized carbons (Fsp3) is 0.280. The number of primary amides is 1. The average Bonchev–Trinajstić information content (AvgIpc) is 2.84. The van der Waals surface area contributed by atoms with E-state index in [0.29, 0.717) is 29.1 Å². The molecule has 0 saturated carbocycles. The van der Waals surface area contributed by atoms with Crippen LogP contribution in [0.1, 0.15) is 28.7 Å². The molecule has 3 aromatic rings. The Balaban J connectivity index is 1.62. The van der Waals surface area contributed by atoms with Crippen molar-refractivity contribution in [2.24, 2.45) is 5.73 Å². The van der Waals surface area contributed by atoms with Crippen molar-refractivity contribution >= 4 is 28.8 Å². The Hall–Kier alpha value is -4.36. The van der Waals surface area contributed by atoms with Crippen molar-refractivity contribution in [3.05, 3.63) is 59.4 Å². The molecular formula is C25H28N8O2. The molecule has 1 aromatic heterocycles. The number of nitrogen functional groups attached to an aromatic ring is 1. The lowest BCUT2D eigenvalue weighted by Gasteiger charge is -2.34. The highest BCUT2D eigenvalue weighted by Crippen LogP contribution is 2.30. The molecule has 0 bridgehead atoms. The molecule has 0 radical (unpaired) electrons. The standard InChI is InChI=1S/C25H28N8O2/c1-3-21-25(35-20-13-16(15-26)12-17(27)14-20)31-24(22(30-21)23(28)34)29-18-4-6-19(7-5-18)33-10-8-32(2)9-11-33/h4-7,12-14H,3,8-11,27H2,1-2H3,(H2,28,34)(H,29,31). The van der Waals surface area contributed by atoms with Crippen LogP contribution in [0.2, 0.25) is 0 Å². The maximum absolute atomic E-state index is 12.1. The minimum absolute atomic E-state index is 0.0163. The normalized spacial score (nSPS) is 13.8. The quantitative estimate of drug-likeness (QED) is 0.442. The molecule has 1 aliphatic rings. The van der Waals surface area contributed by atoms with Crippen LogP contribution in [0.3, 0.4) is 0 Å². The number of aryl methyl sites for hydroxylation is 1. The Morgan fingerprint density at radius 1 is 1.14 bits per heavy atom. The van der Waals surface area contributed by atoms with Gasteiger partial charge >= 0.3 is 0 Å². The Morgan fingerprint density at radius 2 is 1.86 bits per heavy atom. The minimum atomic E-state index is -0.703. The number of rotatable bonds is 7. The van der Waals surface area contributed by atoms with E-state index in [-0.39, 0.29) is 17.4 Å². The molecule has 2 aromatic carbocycles. The number of benzene rings is 2. The lowest BCUT2D eigenvalue weighted by molar-refractivity contribution is 0.0996. The van der Waals surface area contributed by atoms with Crippen molar-refractivity contribution in [1.29, 1.82) is 5.26 Å². The molecule has 0 unspecified atom stereocenters. The molecule has 10 nitrogen and oxygen atoms in total. The number of likely N-dealkylation sites (N-methyl/N-ethyl adjacent to an activating group) is 1. The number of carbonyl (C=O) groups is 1. The van der Waals surface area contributed by atoms with Gasteiger partial charge in [-0.2, -0.15) is 10.2 Å². The van der Waals surface area contributed by atoms with Gasteiger partial charge in [0.2, 0.25) is 5.88 Å². The first-order valence-electron chi connectivity index (χ1n) is 11.4. The predicted molar refractivity (Wildman–Crippen MR) is 135 cm³/mol. The Kier molecular flexibility index (Phi) is 6.98. The number of aromatic nitrogens is 2. The van der Waals surface area contributed by atoms with Gasteiger partial charge in [0.1, 0.15) is 11.4 Å². The van der Waals surface area contributed by atoms with Crippen LogP contribution in [0.15, 0.2) is 42.5 Å². The third kappa shape index (κ3) is 5.59. The number of nitrogens with two attached hydrogens (primary N) is 2.